The second kappa shape index (κ2) is 13.5. The van der Waals surface area contributed by atoms with E-state index in [1.165, 1.54) is 26.9 Å². The molecule has 0 aliphatic rings. The highest BCUT2D eigenvalue weighted by molar-refractivity contribution is 6.26. The summed E-state index contributed by atoms with van der Waals surface area (Å²) in [4.78, 5) is 24.5. The van der Waals surface area contributed by atoms with Gasteiger partial charge in [-0.3, -0.25) is 9.55 Å². The zero-order chi connectivity index (χ0) is 37.7. The second-order valence-electron chi connectivity index (χ2n) is 14.1. The molecule has 266 valence electrons. The van der Waals surface area contributed by atoms with E-state index >= 15 is 0 Å². The van der Waals surface area contributed by atoms with E-state index < -0.39 is 0 Å². The minimum atomic E-state index is 0.642. The van der Waals surface area contributed by atoms with Gasteiger partial charge in [-0.1, -0.05) is 140 Å². The van der Waals surface area contributed by atoms with Crippen molar-refractivity contribution in [3.63, 3.8) is 0 Å². The summed E-state index contributed by atoms with van der Waals surface area (Å²) in [5.41, 5.74) is 8.98. The maximum atomic E-state index is 5.02. The van der Waals surface area contributed by atoms with Gasteiger partial charge in [0.25, 0.3) is 0 Å². The molecule has 0 saturated heterocycles. The Morgan fingerprint density at radius 1 is 0.333 bits per heavy atom. The van der Waals surface area contributed by atoms with Gasteiger partial charge in [-0.05, 0) is 92.0 Å². The van der Waals surface area contributed by atoms with Gasteiger partial charge in [-0.25, -0.2) is 19.9 Å². The molecule has 3 aromatic heterocycles. The van der Waals surface area contributed by atoms with E-state index in [9.17, 15) is 0 Å². The maximum absolute atomic E-state index is 5.02. The first-order chi connectivity index (χ1) is 28.2. The maximum Gasteiger partial charge on any atom is 0.164 e. The standard InChI is InChI=1S/C51H32N6/c1-3-13-34(14-4-1)48-54-49(35-15-5-2-6-16-35)56-50(55-48)37-25-29-42-41-28-24-36(31-43(41)39-17-7-8-18-40(39)44(42)32-37)33-22-26-38(27-23-33)57-47-21-10-9-19-45(47)53-51(57)46-20-11-12-30-52-46/h1-32H. The van der Waals surface area contributed by atoms with Crippen molar-refractivity contribution in [2.45, 2.75) is 0 Å². The Morgan fingerprint density at radius 3 is 1.47 bits per heavy atom. The number of benzene rings is 8. The second-order valence-corrected chi connectivity index (χ2v) is 14.1. The SMILES string of the molecule is c1ccc(-c2nc(-c3ccccc3)nc(-c3ccc4c5ccc(-c6ccc(-n7c(-c8ccccn8)nc8ccccc87)cc6)cc5c5ccccc5c4c3)n2)cc1. The molecule has 0 radical (unpaired) electrons. The molecule has 6 nitrogen and oxygen atoms in total. The topological polar surface area (TPSA) is 69.4 Å². The highest BCUT2D eigenvalue weighted by Gasteiger charge is 2.17. The van der Waals surface area contributed by atoms with Crippen LogP contribution in [0.5, 0.6) is 0 Å². The molecule has 11 rings (SSSR count). The molecule has 8 aromatic carbocycles. The Bertz CT molecular complexity index is 3190. The predicted octanol–water partition coefficient (Wildman–Crippen LogP) is 12.4. The number of hydrogen-bond donors (Lipinski definition) is 0. The molecule has 57 heavy (non-hydrogen) atoms. The summed E-state index contributed by atoms with van der Waals surface area (Å²) in [5.74, 6) is 2.76. The summed E-state index contributed by atoms with van der Waals surface area (Å²) < 4.78 is 2.19. The van der Waals surface area contributed by atoms with Gasteiger partial charge in [-0.2, -0.15) is 0 Å². The Labute approximate surface area is 328 Å². The van der Waals surface area contributed by atoms with Crippen LogP contribution in [0, 0.1) is 0 Å². The van der Waals surface area contributed by atoms with E-state index in [0.717, 1.165) is 61.4 Å². The van der Waals surface area contributed by atoms with E-state index in [4.69, 9.17) is 19.9 Å². The summed E-state index contributed by atoms with van der Waals surface area (Å²) >= 11 is 0. The fourth-order valence-corrected chi connectivity index (χ4v) is 7.97. The number of aromatic nitrogens is 6. The van der Waals surface area contributed by atoms with Crippen molar-refractivity contribution < 1.29 is 0 Å². The van der Waals surface area contributed by atoms with E-state index in [-0.39, 0.29) is 0 Å². The zero-order valence-corrected chi connectivity index (χ0v) is 30.7. The molecular weight excluding hydrogens is 697 g/mol. The van der Waals surface area contributed by atoms with Crippen molar-refractivity contribution in [1.82, 2.24) is 29.5 Å². The molecule has 0 bridgehead atoms. The highest BCUT2D eigenvalue weighted by Crippen LogP contribution is 2.39. The van der Waals surface area contributed by atoms with Gasteiger partial charge in [0, 0.05) is 28.6 Å². The molecule has 0 N–H and O–H groups in total. The largest absolute Gasteiger partial charge is 0.291 e. The first kappa shape index (κ1) is 32.6. The van der Waals surface area contributed by atoms with Crippen LogP contribution in [-0.2, 0) is 0 Å². The van der Waals surface area contributed by atoms with Gasteiger partial charge >= 0.3 is 0 Å². The Morgan fingerprint density at radius 2 is 0.842 bits per heavy atom. The van der Waals surface area contributed by atoms with Crippen LogP contribution in [0.2, 0.25) is 0 Å². The lowest BCUT2D eigenvalue weighted by atomic mass is 9.91. The monoisotopic (exact) mass is 728 g/mol. The van der Waals surface area contributed by atoms with Crippen LogP contribution < -0.4 is 0 Å². The summed E-state index contributed by atoms with van der Waals surface area (Å²) in [6.07, 6.45) is 1.81. The average molecular weight is 729 g/mol. The van der Waals surface area contributed by atoms with Gasteiger partial charge in [0.2, 0.25) is 0 Å². The third-order valence-corrected chi connectivity index (χ3v) is 10.7. The van der Waals surface area contributed by atoms with Gasteiger partial charge in [0.05, 0.1) is 11.0 Å². The molecular formula is C51H32N6. The number of nitrogens with zero attached hydrogens (tertiary/aromatic N) is 6. The summed E-state index contributed by atoms with van der Waals surface area (Å²) in [5, 5.41) is 7.14. The number of pyridine rings is 1. The van der Waals surface area contributed by atoms with Gasteiger partial charge < -0.3 is 0 Å². The Kier molecular flexibility index (Phi) is 7.71. The third kappa shape index (κ3) is 5.70. The van der Waals surface area contributed by atoms with Crippen LogP contribution in [0.15, 0.2) is 194 Å². The number of rotatable bonds is 6. The van der Waals surface area contributed by atoms with Crippen LogP contribution in [0.1, 0.15) is 0 Å². The molecule has 0 fully saturated rings. The normalized spacial score (nSPS) is 11.5. The average Bonchev–Trinajstić information content (AvgIpc) is 3.69. The smallest absolute Gasteiger partial charge is 0.164 e. The zero-order valence-electron chi connectivity index (χ0n) is 30.7. The molecule has 0 aliphatic heterocycles. The molecule has 0 amide bonds. The van der Waals surface area contributed by atoms with Crippen LogP contribution in [0.3, 0.4) is 0 Å². The molecule has 0 saturated carbocycles. The first-order valence-electron chi connectivity index (χ1n) is 19.0. The van der Waals surface area contributed by atoms with Crippen molar-refractivity contribution in [2.75, 3.05) is 0 Å². The molecule has 0 atom stereocenters. The highest BCUT2D eigenvalue weighted by atomic mass is 15.1. The van der Waals surface area contributed by atoms with Gasteiger partial charge in [0.1, 0.15) is 5.69 Å². The van der Waals surface area contributed by atoms with E-state index in [1.807, 2.05) is 97.2 Å². The fourth-order valence-electron chi connectivity index (χ4n) is 7.97. The van der Waals surface area contributed by atoms with Crippen molar-refractivity contribution in [1.29, 1.82) is 0 Å². The molecule has 0 unspecified atom stereocenters. The van der Waals surface area contributed by atoms with E-state index in [1.54, 1.807) is 0 Å². The lowest BCUT2D eigenvalue weighted by Gasteiger charge is -2.14. The molecule has 0 spiro atoms. The lowest BCUT2D eigenvalue weighted by Crippen LogP contribution is -2.00. The van der Waals surface area contributed by atoms with Gasteiger partial charge in [-0.15, -0.1) is 0 Å². The van der Waals surface area contributed by atoms with Crippen LogP contribution in [-0.4, -0.2) is 29.5 Å². The first-order valence-corrected chi connectivity index (χ1v) is 19.0. The minimum absolute atomic E-state index is 0.642. The quantitative estimate of drug-likeness (QED) is 0.159. The van der Waals surface area contributed by atoms with Crippen LogP contribution in [0.4, 0.5) is 0 Å². The number of hydrogen-bond acceptors (Lipinski definition) is 5. The predicted molar refractivity (Wildman–Crippen MR) is 232 cm³/mol. The van der Waals surface area contributed by atoms with Crippen LogP contribution in [0.25, 0.3) is 106 Å². The van der Waals surface area contributed by atoms with Crippen molar-refractivity contribution in [3.8, 4) is 62.5 Å². The number of fused-ring (bicyclic) bond motifs is 7. The number of imidazole rings is 1. The van der Waals surface area contributed by atoms with E-state index in [0.29, 0.717) is 17.5 Å². The molecule has 3 heterocycles. The molecule has 6 heteroatoms. The molecule has 11 aromatic rings. The molecule has 0 aliphatic carbocycles. The third-order valence-electron chi connectivity index (χ3n) is 10.7. The van der Waals surface area contributed by atoms with Crippen molar-refractivity contribution in [3.05, 3.63) is 194 Å². The van der Waals surface area contributed by atoms with E-state index in [2.05, 4.69) is 107 Å². The number of para-hydroxylation sites is 2. The van der Waals surface area contributed by atoms with Crippen molar-refractivity contribution in [2.24, 2.45) is 0 Å². The van der Waals surface area contributed by atoms with Crippen molar-refractivity contribution >= 4 is 43.4 Å². The van der Waals surface area contributed by atoms with Gasteiger partial charge in [0.15, 0.2) is 23.3 Å². The lowest BCUT2D eigenvalue weighted by molar-refractivity contribution is 1.07. The Balaban J connectivity index is 1.02. The Hall–Kier alpha value is -7.83. The summed E-state index contributed by atoms with van der Waals surface area (Å²) in [6.45, 7) is 0. The van der Waals surface area contributed by atoms with Crippen LogP contribution >= 0.6 is 0 Å². The summed E-state index contributed by atoms with van der Waals surface area (Å²) in [7, 11) is 0. The fraction of sp³-hybridized carbons (Fsp3) is 0. The summed E-state index contributed by atoms with van der Waals surface area (Å²) in [6, 6.07) is 65.2. The minimum Gasteiger partial charge on any atom is -0.291 e.